The summed E-state index contributed by atoms with van der Waals surface area (Å²) in [6.07, 6.45) is 6.70. The summed E-state index contributed by atoms with van der Waals surface area (Å²) >= 11 is 1.61. The van der Waals surface area contributed by atoms with Crippen molar-refractivity contribution in [1.29, 1.82) is 0 Å². The number of sulfonamides is 1. The molecular formula is C21H22N2O3S2. The van der Waals surface area contributed by atoms with Gasteiger partial charge in [0.05, 0.1) is 17.3 Å². The first-order valence-electron chi connectivity index (χ1n) is 9.30. The van der Waals surface area contributed by atoms with Gasteiger partial charge >= 0.3 is 0 Å². The van der Waals surface area contributed by atoms with E-state index in [1.54, 1.807) is 27.8 Å². The minimum Gasteiger partial charge on any atom is -0.495 e. The number of thiazole rings is 1. The number of methoxy groups -OCH3 is 1. The van der Waals surface area contributed by atoms with Crippen molar-refractivity contribution in [3.05, 3.63) is 53.0 Å². The van der Waals surface area contributed by atoms with Crippen LogP contribution in [-0.4, -0.2) is 37.9 Å². The molecule has 1 fully saturated rings. The molecule has 0 saturated carbocycles. The van der Waals surface area contributed by atoms with Crippen molar-refractivity contribution in [2.45, 2.75) is 24.2 Å². The predicted molar refractivity (Wildman–Crippen MR) is 114 cm³/mol. The molecule has 1 aliphatic rings. The SMILES string of the molecule is COc1ccc(C=Cc2nc3ccccc3s2)cc1S(=O)(=O)N1CCCCC1. The van der Waals surface area contributed by atoms with Crippen molar-refractivity contribution in [3.8, 4) is 5.75 Å². The normalized spacial score (nSPS) is 16.0. The highest BCUT2D eigenvalue weighted by Crippen LogP contribution is 2.30. The van der Waals surface area contributed by atoms with E-state index >= 15 is 0 Å². The van der Waals surface area contributed by atoms with Gasteiger partial charge in [-0.15, -0.1) is 11.3 Å². The van der Waals surface area contributed by atoms with E-state index in [4.69, 9.17) is 4.74 Å². The minimum atomic E-state index is -3.57. The molecule has 28 heavy (non-hydrogen) atoms. The van der Waals surface area contributed by atoms with E-state index in [2.05, 4.69) is 4.98 Å². The standard InChI is InChI=1S/C21H22N2O3S2/c1-26-18-11-9-16(10-12-21-22-17-7-3-4-8-19(17)27-21)15-20(18)28(24,25)23-13-5-2-6-14-23/h3-4,7-12,15H,2,5-6,13-14H2,1H3. The third-order valence-electron chi connectivity index (χ3n) is 4.85. The lowest BCUT2D eigenvalue weighted by atomic mass is 10.2. The second-order valence-corrected chi connectivity index (χ2v) is 9.70. The average Bonchev–Trinajstić information content (AvgIpc) is 3.15. The van der Waals surface area contributed by atoms with Crippen molar-refractivity contribution in [2.75, 3.05) is 20.2 Å². The Labute approximate surface area is 169 Å². The summed E-state index contributed by atoms with van der Waals surface area (Å²) in [5.41, 5.74) is 1.77. The lowest BCUT2D eigenvalue weighted by Gasteiger charge is -2.26. The van der Waals surface area contributed by atoms with Crippen LogP contribution in [0.4, 0.5) is 0 Å². The third-order valence-corrected chi connectivity index (χ3v) is 7.77. The number of nitrogens with zero attached hydrogens (tertiary/aromatic N) is 2. The second-order valence-electron chi connectivity index (χ2n) is 6.73. The fourth-order valence-electron chi connectivity index (χ4n) is 3.37. The molecule has 0 unspecified atom stereocenters. The Morgan fingerprint density at radius 3 is 2.61 bits per heavy atom. The number of hydrogen-bond acceptors (Lipinski definition) is 5. The third kappa shape index (κ3) is 3.83. The second kappa shape index (κ2) is 8.03. The molecule has 5 nitrogen and oxygen atoms in total. The van der Waals surface area contributed by atoms with Crippen LogP contribution in [0.5, 0.6) is 5.75 Å². The zero-order valence-corrected chi connectivity index (χ0v) is 17.3. The number of benzene rings is 2. The van der Waals surface area contributed by atoms with Crippen LogP contribution in [0.1, 0.15) is 29.8 Å². The molecule has 1 aromatic heterocycles. The van der Waals surface area contributed by atoms with Gasteiger partial charge in [-0.1, -0.05) is 30.7 Å². The fourth-order valence-corrected chi connectivity index (χ4v) is 5.95. The summed E-state index contributed by atoms with van der Waals surface area (Å²) < 4.78 is 34.3. The number of piperidine rings is 1. The highest BCUT2D eigenvalue weighted by atomic mass is 32.2. The van der Waals surface area contributed by atoms with E-state index in [9.17, 15) is 8.42 Å². The van der Waals surface area contributed by atoms with E-state index in [1.807, 2.05) is 42.5 Å². The van der Waals surface area contributed by atoms with Crippen LogP contribution in [0.25, 0.3) is 22.4 Å². The maximum atomic E-state index is 13.1. The topological polar surface area (TPSA) is 59.5 Å². The zero-order valence-electron chi connectivity index (χ0n) is 15.7. The molecule has 146 valence electrons. The van der Waals surface area contributed by atoms with Crippen LogP contribution in [-0.2, 0) is 10.0 Å². The van der Waals surface area contributed by atoms with Crippen molar-refractivity contribution >= 4 is 43.7 Å². The summed E-state index contributed by atoms with van der Waals surface area (Å²) in [6, 6.07) is 13.3. The lowest BCUT2D eigenvalue weighted by molar-refractivity contribution is 0.342. The number of para-hydroxylation sites is 1. The Kier molecular flexibility index (Phi) is 5.48. The van der Waals surface area contributed by atoms with Gasteiger partial charge in [0.2, 0.25) is 10.0 Å². The van der Waals surface area contributed by atoms with Gasteiger partial charge in [0, 0.05) is 13.1 Å². The number of aromatic nitrogens is 1. The first kappa shape index (κ1) is 19.1. The Morgan fingerprint density at radius 2 is 1.86 bits per heavy atom. The summed E-state index contributed by atoms with van der Waals surface area (Å²) in [5.74, 6) is 0.378. The van der Waals surface area contributed by atoms with Gasteiger partial charge in [-0.25, -0.2) is 13.4 Å². The molecule has 0 aliphatic carbocycles. The number of ether oxygens (including phenoxy) is 1. The van der Waals surface area contributed by atoms with Crippen LogP contribution in [0, 0.1) is 0 Å². The van der Waals surface area contributed by atoms with Gasteiger partial charge in [0.1, 0.15) is 15.7 Å². The van der Waals surface area contributed by atoms with Crippen molar-refractivity contribution in [3.63, 3.8) is 0 Å². The monoisotopic (exact) mass is 414 g/mol. The molecule has 0 amide bonds. The maximum Gasteiger partial charge on any atom is 0.246 e. The highest BCUT2D eigenvalue weighted by molar-refractivity contribution is 7.89. The highest BCUT2D eigenvalue weighted by Gasteiger charge is 2.28. The van der Waals surface area contributed by atoms with Crippen LogP contribution < -0.4 is 4.74 Å². The van der Waals surface area contributed by atoms with Crippen molar-refractivity contribution in [2.24, 2.45) is 0 Å². The molecule has 0 radical (unpaired) electrons. The van der Waals surface area contributed by atoms with E-state index in [-0.39, 0.29) is 4.90 Å². The average molecular weight is 415 g/mol. The van der Waals surface area contributed by atoms with Crippen LogP contribution in [0.3, 0.4) is 0 Å². The molecule has 4 rings (SSSR count). The van der Waals surface area contributed by atoms with E-state index in [0.29, 0.717) is 18.8 Å². The number of fused-ring (bicyclic) bond motifs is 1. The molecule has 1 saturated heterocycles. The lowest BCUT2D eigenvalue weighted by Crippen LogP contribution is -2.35. The van der Waals surface area contributed by atoms with Gasteiger partial charge in [0.25, 0.3) is 0 Å². The molecule has 7 heteroatoms. The largest absolute Gasteiger partial charge is 0.495 e. The molecular weight excluding hydrogens is 392 g/mol. The molecule has 2 heterocycles. The van der Waals surface area contributed by atoms with E-state index in [1.165, 1.54) is 7.11 Å². The Bertz CT molecular complexity index is 1080. The summed E-state index contributed by atoms with van der Waals surface area (Å²) in [5, 5.41) is 0.887. The first-order valence-corrected chi connectivity index (χ1v) is 11.6. The van der Waals surface area contributed by atoms with Crippen LogP contribution in [0.2, 0.25) is 0 Å². The maximum absolute atomic E-state index is 13.1. The van der Waals surface area contributed by atoms with Crippen LogP contribution >= 0.6 is 11.3 Å². The van der Waals surface area contributed by atoms with Gasteiger partial charge in [-0.05, 0) is 48.7 Å². The molecule has 2 aromatic carbocycles. The smallest absolute Gasteiger partial charge is 0.246 e. The minimum absolute atomic E-state index is 0.225. The number of hydrogen-bond donors (Lipinski definition) is 0. The molecule has 0 atom stereocenters. The molecule has 0 N–H and O–H groups in total. The van der Waals surface area contributed by atoms with E-state index < -0.39 is 10.0 Å². The first-order chi connectivity index (χ1) is 13.6. The predicted octanol–water partition coefficient (Wildman–Crippen LogP) is 4.65. The van der Waals surface area contributed by atoms with Gasteiger partial charge in [-0.3, -0.25) is 0 Å². The van der Waals surface area contributed by atoms with Crippen LogP contribution in [0.15, 0.2) is 47.4 Å². The van der Waals surface area contributed by atoms with Gasteiger partial charge < -0.3 is 4.74 Å². The van der Waals surface area contributed by atoms with Gasteiger partial charge in [-0.2, -0.15) is 4.31 Å². The Balaban J connectivity index is 1.66. The summed E-state index contributed by atoms with van der Waals surface area (Å²) in [6.45, 7) is 1.13. The number of rotatable bonds is 5. The fraction of sp³-hybridized carbons (Fsp3) is 0.286. The Morgan fingerprint density at radius 1 is 1.07 bits per heavy atom. The summed E-state index contributed by atoms with van der Waals surface area (Å²) in [7, 11) is -2.07. The molecule has 0 bridgehead atoms. The van der Waals surface area contributed by atoms with Crippen molar-refractivity contribution in [1.82, 2.24) is 9.29 Å². The quantitative estimate of drug-likeness (QED) is 0.610. The van der Waals surface area contributed by atoms with E-state index in [0.717, 1.165) is 40.1 Å². The van der Waals surface area contributed by atoms with Gasteiger partial charge in [0.15, 0.2) is 0 Å². The molecule has 0 spiro atoms. The molecule has 1 aliphatic heterocycles. The Hall–Kier alpha value is -2.22. The molecule has 3 aromatic rings. The van der Waals surface area contributed by atoms with Crippen molar-refractivity contribution < 1.29 is 13.2 Å². The zero-order chi connectivity index (χ0) is 19.6. The summed E-state index contributed by atoms with van der Waals surface area (Å²) in [4.78, 5) is 4.81.